The molecule has 0 heterocycles. The number of anilines is 1. The number of nitrogens with one attached hydrogen (secondary N) is 1. The molecule has 4 heteroatoms. The molecular weight excluding hydrogens is 173 g/mol. The molecule has 66 valence electrons. The molecule has 0 aliphatic carbocycles. The second kappa shape index (κ2) is 4.29. The van der Waals surface area contributed by atoms with E-state index in [1.165, 1.54) is 7.11 Å². The molecule has 0 amide bonds. The van der Waals surface area contributed by atoms with E-state index in [0.29, 0.717) is 0 Å². The van der Waals surface area contributed by atoms with E-state index in [1.54, 1.807) is 13.1 Å². The van der Waals surface area contributed by atoms with E-state index >= 15 is 0 Å². The minimum Gasteiger partial charge on any atom is -0.387 e. The summed E-state index contributed by atoms with van der Waals surface area (Å²) >= 11 is 0. The number of hydrogen-bond donors (Lipinski definition) is 1. The van der Waals surface area contributed by atoms with Gasteiger partial charge in [0.25, 0.3) is 0 Å². The van der Waals surface area contributed by atoms with Gasteiger partial charge in [-0.1, -0.05) is 12.1 Å². The molecule has 0 spiro atoms. The summed E-state index contributed by atoms with van der Waals surface area (Å²) in [6.07, 6.45) is 0. The topological polar surface area (TPSA) is 38.3 Å². The molecule has 1 rings (SSSR count). The lowest BCUT2D eigenvalue weighted by Crippen LogP contribution is -2.04. The molecule has 0 radical (unpaired) electrons. The third kappa shape index (κ3) is 1.87. The van der Waals surface area contributed by atoms with Gasteiger partial charge < -0.3 is 9.84 Å². The number of para-hydroxylation sites is 1. The molecule has 1 atom stereocenters. The van der Waals surface area contributed by atoms with Crippen molar-refractivity contribution in [3.63, 3.8) is 0 Å². The van der Waals surface area contributed by atoms with E-state index < -0.39 is 8.03 Å². The fourth-order valence-electron chi connectivity index (χ4n) is 0.989. The summed E-state index contributed by atoms with van der Waals surface area (Å²) in [6, 6.07) is 7.41. The molecule has 1 unspecified atom stereocenters. The average Bonchev–Trinajstić information content (AvgIpc) is 2.16. The maximum Gasteiger partial charge on any atom is 0.222 e. The fourth-order valence-corrected chi connectivity index (χ4v) is 1.87. The number of hydrogen-bond acceptors (Lipinski definition) is 3. The Morgan fingerprint density at radius 2 is 2.08 bits per heavy atom. The van der Waals surface area contributed by atoms with Crippen molar-refractivity contribution in [1.29, 1.82) is 0 Å². The van der Waals surface area contributed by atoms with E-state index in [0.717, 1.165) is 11.0 Å². The highest BCUT2D eigenvalue weighted by Gasteiger charge is 2.05. The van der Waals surface area contributed by atoms with Crippen LogP contribution in [0.4, 0.5) is 5.69 Å². The van der Waals surface area contributed by atoms with Crippen molar-refractivity contribution in [2.45, 2.75) is 0 Å². The molecule has 0 aromatic heterocycles. The van der Waals surface area contributed by atoms with E-state index in [4.69, 9.17) is 4.52 Å². The largest absolute Gasteiger partial charge is 0.387 e. The third-order valence-electron chi connectivity index (χ3n) is 1.60. The Morgan fingerprint density at radius 1 is 1.42 bits per heavy atom. The van der Waals surface area contributed by atoms with Crippen molar-refractivity contribution in [3.8, 4) is 0 Å². The molecule has 3 nitrogen and oxygen atoms in total. The van der Waals surface area contributed by atoms with Gasteiger partial charge in [-0.25, -0.2) is 0 Å². The normalized spacial score (nSPS) is 12.5. The SMILES string of the molecule is CNc1ccccc1[PH](=O)OC. The summed E-state index contributed by atoms with van der Waals surface area (Å²) in [5.74, 6) is 0. The van der Waals surface area contributed by atoms with E-state index in [-0.39, 0.29) is 0 Å². The van der Waals surface area contributed by atoms with Crippen LogP contribution in [0.2, 0.25) is 0 Å². The van der Waals surface area contributed by atoms with Crippen molar-refractivity contribution in [2.24, 2.45) is 0 Å². The quantitative estimate of drug-likeness (QED) is 0.725. The summed E-state index contributed by atoms with van der Waals surface area (Å²) < 4.78 is 16.1. The van der Waals surface area contributed by atoms with Gasteiger partial charge in [-0.05, 0) is 12.1 Å². The minimum atomic E-state index is -2.06. The van der Waals surface area contributed by atoms with Gasteiger partial charge >= 0.3 is 0 Å². The minimum absolute atomic E-state index is 0.743. The Bertz CT molecular complexity index is 288. The molecule has 0 fully saturated rings. The van der Waals surface area contributed by atoms with Crippen LogP contribution in [-0.2, 0) is 9.09 Å². The maximum atomic E-state index is 11.3. The summed E-state index contributed by atoms with van der Waals surface area (Å²) in [6.45, 7) is 0. The van der Waals surface area contributed by atoms with Crippen molar-refractivity contribution < 1.29 is 9.09 Å². The summed E-state index contributed by atoms with van der Waals surface area (Å²) in [4.78, 5) is 0. The highest BCUT2D eigenvalue weighted by atomic mass is 31.1. The summed E-state index contributed by atoms with van der Waals surface area (Å²) in [7, 11) is 1.19. The molecule has 12 heavy (non-hydrogen) atoms. The zero-order valence-electron chi connectivity index (χ0n) is 7.13. The zero-order valence-corrected chi connectivity index (χ0v) is 8.13. The van der Waals surface area contributed by atoms with Gasteiger partial charge in [-0.3, -0.25) is 4.57 Å². The van der Waals surface area contributed by atoms with Crippen molar-refractivity contribution in [2.75, 3.05) is 19.5 Å². The highest BCUT2D eigenvalue weighted by molar-refractivity contribution is 7.48. The molecule has 0 saturated heterocycles. The van der Waals surface area contributed by atoms with Gasteiger partial charge in [0.1, 0.15) is 0 Å². The first-order valence-corrected chi connectivity index (χ1v) is 4.96. The highest BCUT2D eigenvalue weighted by Crippen LogP contribution is 2.23. The van der Waals surface area contributed by atoms with Crippen LogP contribution in [-0.4, -0.2) is 14.2 Å². The van der Waals surface area contributed by atoms with Gasteiger partial charge in [0.2, 0.25) is 8.03 Å². The lowest BCUT2D eigenvalue weighted by Gasteiger charge is -2.06. The van der Waals surface area contributed by atoms with Gasteiger partial charge in [-0.15, -0.1) is 0 Å². The third-order valence-corrected chi connectivity index (χ3v) is 2.85. The average molecular weight is 185 g/mol. The molecule has 0 aliphatic rings. The number of benzene rings is 1. The summed E-state index contributed by atoms with van der Waals surface area (Å²) in [5, 5.41) is 3.70. The standard InChI is InChI=1S/C8H12NO2P/c1-9-7-5-3-4-6-8(7)12(10)11-2/h3-6,9,12H,1-2H3. The van der Waals surface area contributed by atoms with Crippen LogP contribution in [0, 0.1) is 0 Å². The molecule has 0 bridgehead atoms. The molecule has 1 N–H and O–H groups in total. The lowest BCUT2D eigenvalue weighted by molar-refractivity contribution is 0.423. The van der Waals surface area contributed by atoms with Crippen LogP contribution in [0.5, 0.6) is 0 Å². The maximum absolute atomic E-state index is 11.3. The van der Waals surface area contributed by atoms with Crippen LogP contribution < -0.4 is 10.6 Å². The Hall–Kier alpha value is -0.790. The van der Waals surface area contributed by atoms with Gasteiger partial charge in [0, 0.05) is 19.8 Å². The second-order valence-electron chi connectivity index (χ2n) is 2.29. The molecule has 0 saturated carbocycles. The molecule has 1 aromatic rings. The Kier molecular flexibility index (Phi) is 3.32. The number of rotatable bonds is 3. The van der Waals surface area contributed by atoms with E-state index in [9.17, 15) is 4.57 Å². The monoisotopic (exact) mass is 185 g/mol. The van der Waals surface area contributed by atoms with Crippen LogP contribution in [0.1, 0.15) is 0 Å². The lowest BCUT2D eigenvalue weighted by atomic mass is 10.3. The van der Waals surface area contributed by atoms with Crippen LogP contribution in [0.15, 0.2) is 24.3 Å². The van der Waals surface area contributed by atoms with Crippen LogP contribution >= 0.6 is 8.03 Å². The van der Waals surface area contributed by atoms with E-state index in [2.05, 4.69) is 5.32 Å². The summed E-state index contributed by atoms with van der Waals surface area (Å²) in [5.41, 5.74) is 0.864. The van der Waals surface area contributed by atoms with Gasteiger partial charge in [-0.2, -0.15) is 0 Å². The van der Waals surface area contributed by atoms with E-state index in [1.807, 2.05) is 18.2 Å². The van der Waals surface area contributed by atoms with Crippen molar-refractivity contribution >= 4 is 19.0 Å². The zero-order chi connectivity index (χ0) is 8.97. The Balaban J connectivity index is 3.04. The smallest absolute Gasteiger partial charge is 0.222 e. The second-order valence-corrected chi connectivity index (χ2v) is 3.81. The Labute approximate surface area is 72.6 Å². The van der Waals surface area contributed by atoms with Gasteiger partial charge in [0.05, 0.1) is 5.30 Å². The van der Waals surface area contributed by atoms with Crippen LogP contribution in [0.3, 0.4) is 0 Å². The first-order valence-electron chi connectivity index (χ1n) is 3.64. The van der Waals surface area contributed by atoms with Crippen molar-refractivity contribution in [3.05, 3.63) is 24.3 Å². The van der Waals surface area contributed by atoms with Gasteiger partial charge in [0.15, 0.2) is 0 Å². The molecule has 0 aliphatic heterocycles. The van der Waals surface area contributed by atoms with Crippen LogP contribution in [0.25, 0.3) is 0 Å². The first-order chi connectivity index (χ1) is 5.79. The Morgan fingerprint density at radius 3 is 2.67 bits per heavy atom. The fraction of sp³-hybridized carbons (Fsp3) is 0.250. The predicted octanol–water partition coefficient (Wildman–Crippen LogP) is 1.47. The molecular formula is C8H12NO2P. The predicted molar refractivity (Wildman–Crippen MR) is 51.6 cm³/mol. The van der Waals surface area contributed by atoms with Crippen molar-refractivity contribution in [1.82, 2.24) is 0 Å². The first kappa shape index (κ1) is 9.30. The molecule has 1 aromatic carbocycles.